The zero-order valence-electron chi connectivity index (χ0n) is 14.8. The summed E-state index contributed by atoms with van der Waals surface area (Å²) in [5.41, 5.74) is 0.637. The van der Waals surface area contributed by atoms with Crippen molar-refractivity contribution in [1.29, 1.82) is 0 Å². The van der Waals surface area contributed by atoms with Crippen LogP contribution in [0.5, 0.6) is 0 Å². The first-order valence-corrected chi connectivity index (χ1v) is 8.97. The summed E-state index contributed by atoms with van der Waals surface area (Å²) in [6.45, 7) is 6.50. The molecule has 0 saturated heterocycles. The number of aryl methyl sites for hydroxylation is 1. The lowest BCUT2D eigenvalue weighted by molar-refractivity contribution is 0.0692. The molecule has 1 fully saturated rings. The number of amides is 1. The van der Waals surface area contributed by atoms with Crippen molar-refractivity contribution in [2.24, 2.45) is 5.92 Å². The van der Waals surface area contributed by atoms with Crippen LogP contribution in [0, 0.1) is 12.8 Å². The molecule has 1 saturated carbocycles. The number of ether oxygens (including phenoxy) is 1. The maximum absolute atomic E-state index is 12.9. The number of hydrogen-bond acceptors (Lipinski definition) is 5. The smallest absolute Gasteiger partial charge is 0.257 e. The highest BCUT2D eigenvalue weighted by molar-refractivity contribution is 5.95. The van der Waals surface area contributed by atoms with Crippen LogP contribution in [-0.2, 0) is 24.3 Å². The first kappa shape index (κ1) is 16.3. The van der Waals surface area contributed by atoms with E-state index in [1.165, 1.54) is 12.8 Å². The molecule has 4 rings (SSSR count). The first-order valence-electron chi connectivity index (χ1n) is 8.97. The Kier molecular flexibility index (Phi) is 4.33. The Bertz CT molecular complexity index is 762. The van der Waals surface area contributed by atoms with E-state index in [0.717, 1.165) is 24.2 Å². The summed E-state index contributed by atoms with van der Waals surface area (Å²) >= 11 is 0. The number of carbonyl (C=O) groups is 1. The fourth-order valence-electron chi connectivity index (χ4n) is 3.36. The van der Waals surface area contributed by atoms with E-state index in [4.69, 9.17) is 9.15 Å². The second-order valence-electron chi connectivity index (χ2n) is 7.08. The number of aromatic nitrogens is 3. The Morgan fingerprint density at radius 2 is 2.20 bits per heavy atom. The van der Waals surface area contributed by atoms with E-state index < -0.39 is 0 Å². The average Bonchev–Trinajstić information content (AvgIpc) is 3.24. The van der Waals surface area contributed by atoms with Crippen LogP contribution in [0.25, 0.3) is 0 Å². The van der Waals surface area contributed by atoms with Gasteiger partial charge in [0.1, 0.15) is 18.2 Å². The number of fused-ring (bicyclic) bond motifs is 1. The molecule has 1 atom stereocenters. The van der Waals surface area contributed by atoms with Crippen molar-refractivity contribution in [2.75, 3.05) is 13.2 Å². The van der Waals surface area contributed by atoms with Gasteiger partial charge in [-0.2, -0.15) is 0 Å². The van der Waals surface area contributed by atoms with Crippen molar-refractivity contribution in [1.82, 2.24) is 19.7 Å². The minimum Gasteiger partial charge on any atom is -0.469 e. The van der Waals surface area contributed by atoms with Crippen molar-refractivity contribution in [3.63, 3.8) is 0 Å². The summed E-state index contributed by atoms with van der Waals surface area (Å²) in [5, 5.41) is 8.63. The van der Waals surface area contributed by atoms with Crippen LogP contribution in [0.4, 0.5) is 0 Å². The lowest BCUT2D eigenvalue weighted by Crippen LogP contribution is -2.40. The average molecular weight is 344 g/mol. The molecule has 2 aromatic rings. The summed E-state index contributed by atoms with van der Waals surface area (Å²) in [4.78, 5) is 14.8. The minimum absolute atomic E-state index is 0.0176. The molecule has 7 heteroatoms. The quantitative estimate of drug-likeness (QED) is 0.831. The van der Waals surface area contributed by atoms with Gasteiger partial charge in [0.25, 0.3) is 5.91 Å². The zero-order valence-corrected chi connectivity index (χ0v) is 14.8. The summed E-state index contributed by atoms with van der Waals surface area (Å²) in [6, 6.07) is 1.81. The summed E-state index contributed by atoms with van der Waals surface area (Å²) in [5.74, 6) is 3.20. The van der Waals surface area contributed by atoms with Gasteiger partial charge in [-0.3, -0.25) is 4.79 Å². The monoisotopic (exact) mass is 344 g/mol. The van der Waals surface area contributed by atoms with Gasteiger partial charge >= 0.3 is 0 Å². The predicted octanol–water partition coefficient (Wildman–Crippen LogP) is 2.19. The molecule has 0 radical (unpaired) electrons. The van der Waals surface area contributed by atoms with Crippen LogP contribution in [0.15, 0.2) is 16.7 Å². The molecule has 0 bridgehead atoms. The molecule has 2 aromatic heterocycles. The molecular weight excluding hydrogens is 320 g/mol. The molecule has 0 spiro atoms. The van der Waals surface area contributed by atoms with Gasteiger partial charge in [-0.1, -0.05) is 0 Å². The zero-order chi connectivity index (χ0) is 17.4. The predicted molar refractivity (Wildman–Crippen MR) is 90.0 cm³/mol. The SMILES string of the molecule is Cc1occc1C(=O)N1CCn2c(COCC3CC3)nnc2C[C@@H]1C. The molecular formula is C18H24N4O3. The van der Waals surface area contributed by atoms with Gasteiger partial charge in [-0.05, 0) is 38.7 Å². The Morgan fingerprint density at radius 3 is 2.92 bits per heavy atom. The molecule has 2 aliphatic rings. The van der Waals surface area contributed by atoms with Crippen LogP contribution in [0.2, 0.25) is 0 Å². The van der Waals surface area contributed by atoms with E-state index in [0.29, 0.717) is 37.4 Å². The third kappa shape index (κ3) is 3.33. The Balaban J connectivity index is 1.46. The number of furan rings is 1. The fraction of sp³-hybridized carbons (Fsp3) is 0.611. The van der Waals surface area contributed by atoms with E-state index in [2.05, 4.69) is 21.7 Å². The van der Waals surface area contributed by atoms with Crippen molar-refractivity contribution in [2.45, 2.75) is 52.3 Å². The molecule has 0 aromatic carbocycles. The molecule has 3 heterocycles. The van der Waals surface area contributed by atoms with Gasteiger partial charge in [-0.15, -0.1) is 10.2 Å². The number of nitrogens with zero attached hydrogens (tertiary/aromatic N) is 4. The molecule has 7 nitrogen and oxygen atoms in total. The highest BCUT2D eigenvalue weighted by atomic mass is 16.5. The van der Waals surface area contributed by atoms with Crippen LogP contribution >= 0.6 is 0 Å². The third-order valence-electron chi connectivity index (χ3n) is 5.11. The summed E-state index contributed by atoms with van der Waals surface area (Å²) < 4.78 is 13.2. The second kappa shape index (κ2) is 6.63. The highest BCUT2D eigenvalue weighted by Gasteiger charge is 2.29. The topological polar surface area (TPSA) is 73.4 Å². The fourth-order valence-corrected chi connectivity index (χ4v) is 3.36. The van der Waals surface area contributed by atoms with Crippen molar-refractivity contribution >= 4 is 5.91 Å². The third-order valence-corrected chi connectivity index (χ3v) is 5.11. The normalized spacial score (nSPS) is 20.4. The van der Waals surface area contributed by atoms with Gasteiger partial charge in [0.15, 0.2) is 5.82 Å². The van der Waals surface area contributed by atoms with E-state index >= 15 is 0 Å². The largest absolute Gasteiger partial charge is 0.469 e. The maximum Gasteiger partial charge on any atom is 0.257 e. The van der Waals surface area contributed by atoms with Gasteiger partial charge in [0, 0.05) is 32.2 Å². The van der Waals surface area contributed by atoms with Crippen LogP contribution in [0.1, 0.15) is 47.5 Å². The molecule has 0 unspecified atom stereocenters. The van der Waals surface area contributed by atoms with Crippen LogP contribution in [0.3, 0.4) is 0 Å². The molecule has 1 amide bonds. The number of carbonyl (C=O) groups excluding carboxylic acids is 1. The Morgan fingerprint density at radius 1 is 1.36 bits per heavy atom. The van der Waals surface area contributed by atoms with Crippen molar-refractivity contribution in [3.8, 4) is 0 Å². The van der Waals surface area contributed by atoms with E-state index in [1.54, 1.807) is 12.3 Å². The molecule has 0 N–H and O–H groups in total. The number of hydrogen-bond donors (Lipinski definition) is 0. The lowest BCUT2D eigenvalue weighted by atomic mass is 10.1. The van der Waals surface area contributed by atoms with Gasteiger partial charge in [0.2, 0.25) is 0 Å². The lowest BCUT2D eigenvalue weighted by Gasteiger charge is -2.26. The number of rotatable bonds is 5. The maximum atomic E-state index is 12.9. The highest BCUT2D eigenvalue weighted by Crippen LogP contribution is 2.29. The molecule has 25 heavy (non-hydrogen) atoms. The molecule has 1 aliphatic heterocycles. The first-order chi connectivity index (χ1) is 12.1. The van der Waals surface area contributed by atoms with Crippen molar-refractivity contribution in [3.05, 3.63) is 35.3 Å². The summed E-state index contributed by atoms with van der Waals surface area (Å²) in [6.07, 6.45) is 4.81. The standard InChI is InChI=1S/C18H24N4O3/c1-12-9-16-19-20-17(11-24-10-14-3-4-14)22(16)7-6-21(12)18(23)15-5-8-25-13(15)2/h5,8,12,14H,3-4,6-7,9-11H2,1-2H3/t12-/m0/s1. The van der Waals surface area contributed by atoms with Crippen molar-refractivity contribution < 1.29 is 13.9 Å². The molecule has 134 valence electrons. The Hall–Kier alpha value is -2.15. The van der Waals surface area contributed by atoms with E-state index in [-0.39, 0.29) is 11.9 Å². The van der Waals surface area contributed by atoms with E-state index in [9.17, 15) is 4.79 Å². The van der Waals surface area contributed by atoms with Crippen LogP contribution < -0.4 is 0 Å². The second-order valence-corrected chi connectivity index (χ2v) is 7.08. The minimum atomic E-state index is 0.0176. The van der Waals surface area contributed by atoms with Gasteiger partial charge < -0.3 is 18.6 Å². The summed E-state index contributed by atoms with van der Waals surface area (Å²) in [7, 11) is 0. The Labute approximate surface area is 147 Å². The van der Waals surface area contributed by atoms with Gasteiger partial charge in [-0.25, -0.2) is 0 Å². The van der Waals surface area contributed by atoms with Crippen LogP contribution in [-0.4, -0.2) is 44.8 Å². The van der Waals surface area contributed by atoms with Gasteiger partial charge in [0.05, 0.1) is 11.8 Å². The molecule has 1 aliphatic carbocycles. The van der Waals surface area contributed by atoms with E-state index in [1.807, 2.05) is 11.8 Å².